The highest BCUT2D eigenvalue weighted by molar-refractivity contribution is 7.98. The fourth-order valence-corrected chi connectivity index (χ4v) is 2.05. The van der Waals surface area contributed by atoms with Crippen LogP contribution in [0.4, 0.5) is 11.9 Å². The van der Waals surface area contributed by atoms with Crippen LogP contribution in [0.2, 0.25) is 0 Å². The number of rotatable bonds is 5. The minimum absolute atomic E-state index is 0.245. The summed E-state index contributed by atoms with van der Waals surface area (Å²) in [5.41, 5.74) is 6.92. The van der Waals surface area contributed by atoms with Crippen molar-refractivity contribution in [2.45, 2.75) is 18.0 Å². The maximum absolute atomic E-state index is 5.64. The lowest BCUT2D eigenvalue weighted by Gasteiger charge is -2.13. The summed E-state index contributed by atoms with van der Waals surface area (Å²) in [6.45, 7) is 2.91. The van der Waals surface area contributed by atoms with Crippen LogP contribution < -0.4 is 11.1 Å². The van der Waals surface area contributed by atoms with Gasteiger partial charge in [0.15, 0.2) is 5.16 Å². The Morgan fingerprint density at radius 3 is 2.63 bits per heavy atom. The Labute approximate surface area is 117 Å². The van der Waals surface area contributed by atoms with Crippen molar-refractivity contribution in [3.8, 4) is 0 Å². The van der Waals surface area contributed by atoms with Crippen molar-refractivity contribution < 1.29 is 0 Å². The second kappa shape index (κ2) is 6.38. The lowest BCUT2D eigenvalue weighted by atomic mass is 10.0. The van der Waals surface area contributed by atoms with E-state index in [0.717, 1.165) is 6.54 Å². The number of nitrogen functional groups attached to an aromatic ring is 1. The molecule has 0 aliphatic rings. The molecular weight excluding hydrogens is 258 g/mol. The second-order valence-corrected chi connectivity index (χ2v) is 4.97. The summed E-state index contributed by atoms with van der Waals surface area (Å²) in [4.78, 5) is 12.4. The minimum atomic E-state index is 0.245. The predicted octanol–water partition coefficient (Wildman–Crippen LogP) is 2.39. The lowest BCUT2D eigenvalue weighted by molar-refractivity contribution is 0.788. The van der Waals surface area contributed by atoms with E-state index in [1.165, 1.54) is 17.3 Å². The normalized spacial score (nSPS) is 12.1. The van der Waals surface area contributed by atoms with Crippen LogP contribution in [0.3, 0.4) is 0 Å². The second-order valence-electron chi connectivity index (χ2n) is 4.20. The molecule has 2 aromatic rings. The Balaban J connectivity index is 2.01. The summed E-state index contributed by atoms with van der Waals surface area (Å²) >= 11 is 1.45. The van der Waals surface area contributed by atoms with Gasteiger partial charge in [0.25, 0.3) is 0 Å². The smallest absolute Gasteiger partial charge is 0.228 e. The van der Waals surface area contributed by atoms with Gasteiger partial charge in [-0.15, -0.1) is 0 Å². The van der Waals surface area contributed by atoms with E-state index in [4.69, 9.17) is 5.73 Å². The molecule has 3 N–H and O–H groups in total. The third-order valence-corrected chi connectivity index (χ3v) is 3.30. The number of thioether (sulfide) groups is 1. The van der Waals surface area contributed by atoms with Crippen LogP contribution in [-0.4, -0.2) is 27.8 Å². The van der Waals surface area contributed by atoms with Gasteiger partial charge in [-0.25, -0.2) is 0 Å². The molecule has 6 heteroatoms. The SMILES string of the molecule is CSc1nc(N)nc(NC[C@H](C)c2ccccc2)n1. The van der Waals surface area contributed by atoms with Crippen molar-refractivity contribution in [3.05, 3.63) is 35.9 Å². The molecule has 1 heterocycles. The maximum atomic E-state index is 5.64. The lowest BCUT2D eigenvalue weighted by Crippen LogP contribution is -2.13. The van der Waals surface area contributed by atoms with Crippen molar-refractivity contribution in [1.29, 1.82) is 0 Å². The fourth-order valence-electron chi connectivity index (χ4n) is 1.69. The molecule has 2 rings (SSSR count). The first kappa shape index (κ1) is 13.6. The number of aromatic nitrogens is 3. The van der Waals surface area contributed by atoms with Crippen LogP contribution in [0.15, 0.2) is 35.5 Å². The molecule has 0 radical (unpaired) electrons. The van der Waals surface area contributed by atoms with Gasteiger partial charge in [0.1, 0.15) is 0 Å². The number of nitrogens with one attached hydrogen (secondary N) is 1. The summed E-state index contributed by atoms with van der Waals surface area (Å²) in [6.07, 6.45) is 1.91. The molecule has 0 amide bonds. The summed E-state index contributed by atoms with van der Waals surface area (Å²) in [6, 6.07) is 10.3. The highest BCUT2D eigenvalue weighted by Crippen LogP contribution is 2.16. The number of benzene rings is 1. The topological polar surface area (TPSA) is 76.7 Å². The van der Waals surface area contributed by atoms with Crippen LogP contribution >= 0.6 is 11.8 Å². The minimum Gasteiger partial charge on any atom is -0.368 e. The van der Waals surface area contributed by atoms with Crippen LogP contribution in [0.5, 0.6) is 0 Å². The van der Waals surface area contributed by atoms with Crippen molar-refractivity contribution in [2.24, 2.45) is 0 Å². The van der Waals surface area contributed by atoms with Gasteiger partial charge in [-0.1, -0.05) is 49.0 Å². The van der Waals surface area contributed by atoms with E-state index in [1.807, 2.05) is 24.5 Å². The van der Waals surface area contributed by atoms with E-state index in [1.54, 1.807) is 0 Å². The molecule has 0 bridgehead atoms. The van der Waals surface area contributed by atoms with Crippen molar-refractivity contribution in [3.63, 3.8) is 0 Å². The molecule has 19 heavy (non-hydrogen) atoms. The Bertz CT molecular complexity index is 532. The first-order valence-electron chi connectivity index (χ1n) is 6.03. The summed E-state index contributed by atoms with van der Waals surface area (Å²) < 4.78 is 0. The quantitative estimate of drug-likeness (QED) is 0.816. The molecule has 1 atom stereocenters. The first-order chi connectivity index (χ1) is 9.19. The molecule has 0 aliphatic heterocycles. The van der Waals surface area contributed by atoms with Crippen LogP contribution in [0.1, 0.15) is 18.4 Å². The standard InChI is InChI=1S/C13H17N5S/c1-9(10-6-4-3-5-7-10)8-15-12-16-11(14)17-13(18-12)19-2/h3-7,9H,8H2,1-2H3,(H3,14,15,16,17,18)/t9-/m0/s1. The zero-order valence-electron chi connectivity index (χ0n) is 11.0. The van der Waals surface area contributed by atoms with E-state index in [2.05, 4.69) is 39.3 Å². The summed E-state index contributed by atoms with van der Waals surface area (Å²) in [5.74, 6) is 1.14. The molecule has 5 nitrogen and oxygen atoms in total. The Kier molecular flexibility index (Phi) is 4.57. The van der Waals surface area contributed by atoms with Crippen LogP contribution in [0, 0.1) is 0 Å². The van der Waals surface area contributed by atoms with Gasteiger partial charge in [-0.3, -0.25) is 0 Å². The monoisotopic (exact) mass is 275 g/mol. The Hall–Kier alpha value is -1.82. The number of hydrogen-bond donors (Lipinski definition) is 2. The van der Waals surface area contributed by atoms with E-state index in [0.29, 0.717) is 17.0 Å². The van der Waals surface area contributed by atoms with Gasteiger partial charge in [0.2, 0.25) is 11.9 Å². The molecular formula is C13H17N5S. The molecule has 100 valence electrons. The molecule has 0 fully saturated rings. The average Bonchev–Trinajstić information content (AvgIpc) is 2.45. The van der Waals surface area contributed by atoms with Gasteiger partial charge in [-0.05, 0) is 17.7 Å². The zero-order chi connectivity index (χ0) is 13.7. The van der Waals surface area contributed by atoms with Gasteiger partial charge in [0.05, 0.1) is 0 Å². The highest BCUT2D eigenvalue weighted by Gasteiger charge is 2.07. The molecule has 1 aromatic carbocycles. The average molecular weight is 275 g/mol. The van der Waals surface area contributed by atoms with E-state index in [-0.39, 0.29) is 5.95 Å². The first-order valence-corrected chi connectivity index (χ1v) is 7.26. The fraction of sp³-hybridized carbons (Fsp3) is 0.308. The number of nitrogens with two attached hydrogens (primary N) is 1. The largest absolute Gasteiger partial charge is 0.368 e. The van der Waals surface area contributed by atoms with Crippen LogP contribution in [-0.2, 0) is 0 Å². The third-order valence-electron chi connectivity index (χ3n) is 2.75. The molecule has 1 aromatic heterocycles. The highest BCUT2D eigenvalue weighted by atomic mass is 32.2. The molecule has 0 unspecified atom stereocenters. The Morgan fingerprint density at radius 1 is 1.21 bits per heavy atom. The van der Waals surface area contributed by atoms with Gasteiger partial charge in [-0.2, -0.15) is 15.0 Å². The maximum Gasteiger partial charge on any atom is 0.228 e. The summed E-state index contributed by atoms with van der Waals surface area (Å²) in [5, 5.41) is 3.83. The number of anilines is 2. The number of nitrogens with zero attached hydrogens (tertiary/aromatic N) is 3. The van der Waals surface area contributed by atoms with E-state index in [9.17, 15) is 0 Å². The van der Waals surface area contributed by atoms with Crippen molar-refractivity contribution >= 4 is 23.7 Å². The summed E-state index contributed by atoms with van der Waals surface area (Å²) in [7, 11) is 0. The zero-order valence-corrected chi connectivity index (χ0v) is 11.8. The Morgan fingerprint density at radius 2 is 1.95 bits per heavy atom. The third kappa shape index (κ3) is 3.82. The molecule has 0 aliphatic carbocycles. The van der Waals surface area contributed by atoms with Gasteiger partial charge >= 0.3 is 0 Å². The van der Waals surface area contributed by atoms with E-state index < -0.39 is 0 Å². The van der Waals surface area contributed by atoms with Crippen molar-refractivity contribution in [1.82, 2.24) is 15.0 Å². The van der Waals surface area contributed by atoms with Crippen LogP contribution in [0.25, 0.3) is 0 Å². The molecule has 0 spiro atoms. The molecule has 0 saturated heterocycles. The van der Waals surface area contributed by atoms with Gasteiger partial charge in [0, 0.05) is 6.54 Å². The molecule has 0 saturated carbocycles. The van der Waals surface area contributed by atoms with Crippen molar-refractivity contribution in [2.75, 3.05) is 23.9 Å². The van der Waals surface area contributed by atoms with Gasteiger partial charge < -0.3 is 11.1 Å². The number of hydrogen-bond acceptors (Lipinski definition) is 6. The van der Waals surface area contributed by atoms with E-state index >= 15 is 0 Å². The predicted molar refractivity (Wildman–Crippen MR) is 79.4 cm³/mol.